The molecule has 3 rings (SSSR count). The SMILES string of the molecule is CCOC(=O)c1c(NC(=O)/C(C#N)=C/c2ccccc2)sc2c1CCC(C)C2. The molecular weight excluding hydrogens is 372 g/mol. The molecule has 0 fully saturated rings. The molecule has 0 radical (unpaired) electrons. The molecule has 1 aliphatic carbocycles. The molecule has 0 spiro atoms. The highest BCUT2D eigenvalue weighted by Crippen LogP contribution is 2.40. The first-order valence-corrected chi connectivity index (χ1v) is 10.1. The normalized spacial score (nSPS) is 16.0. The number of rotatable bonds is 5. The molecule has 1 aliphatic rings. The summed E-state index contributed by atoms with van der Waals surface area (Å²) in [4.78, 5) is 26.4. The van der Waals surface area contributed by atoms with Crippen molar-refractivity contribution in [1.29, 1.82) is 5.26 Å². The Labute approximate surface area is 168 Å². The number of nitriles is 1. The van der Waals surface area contributed by atoms with Crippen LogP contribution in [0, 0.1) is 17.2 Å². The molecule has 1 aromatic heterocycles. The van der Waals surface area contributed by atoms with Crippen molar-refractivity contribution in [2.45, 2.75) is 33.1 Å². The Morgan fingerprint density at radius 1 is 1.36 bits per heavy atom. The molecule has 0 aliphatic heterocycles. The number of benzene rings is 1. The molecular formula is C22H22N2O3S. The summed E-state index contributed by atoms with van der Waals surface area (Å²) in [6.45, 7) is 4.21. The van der Waals surface area contributed by atoms with Gasteiger partial charge >= 0.3 is 5.97 Å². The first-order chi connectivity index (χ1) is 13.5. The number of amides is 1. The van der Waals surface area contributed by atoms with E-state index in [-0.39, 0.29) is 12.2 Å². The smallest absolute Gasteiger partial charge is 0.341 e. The molecule has 1 aromatic carbocycles. The lowest BCUT2D eigenvalue weighted by Gasteiger charge is -2.18. The zero-order valence-corrected chi connectivity index (χ0v) is 16.8. The van der Waals surface area contributed by atoms with E-state index in [0.29, 0.717) is 16.5 Å². The highest BCUT2D eigenvalue weighted by Gasteiger charge is 2.29. The molecule has 1 unspecified atom stereocenters. The lowest BCUT2D eigenvalue weighted by molar-refractivity contribution is -0.112. The third kappa shape index (κ3) is 4.32. The van der Waals surface area contributed by atoms with Crippen LogP contribution in [0.2, 0.25) is 0 Å². The van der Waals surface area contributed by atoms with Crippen molar-refractivity contribution < 1.29 is 14.3 Å². The summed E-state index contributed by atoms with van der Waals surface area (Å²) >= 11 is 1.41. The second kappa shape index (κ2) is 8.85. The highest BCUT2D eigenvalue weighted by atomic mass is 32.1. The van der Waals surface area contributed by atoms with Gasteiger partial charge in [-0.3, -0.25) is 4.79 Å². The van der Waals surface area contributed by atoms with E-state index in [1.807, 2.05) is 36.4 Å². The van der Waals surface area contributed by atoms with Crippen LogP contribution in [0.25, 0.3) is 6.08 Å². The van der Waals surface area contributed by atoms with Gasteiger partial charge < -0.3 is 10.1 Å². The number of carbonyl (C=O) groups excluding carboxylic acids is 2. The zero-order chi connectivity index (χ0) is 20.1. The molecule has 1 amide bonds. The van der Waals surface area contributed by atoms with Gasteiger partial charge in [0.1, 0.15) is 16.6 Å². The summed E-state index contributed by atoms with van der Waals surface area (Å²) in [5, 5.41) is 12.7. The van der Waals surface area contributed by atoms with Crippen molar-refractivity contribution in [2.24, 2.45) is 5.92 Å². The van der Waals surface area contributed by atoms with Gasteiger partial charge in [0.25, 0.3) is 5.91 Å². The monoisotopic (exact) mass is 394 g/mol. The van der Waals surface area contributed by atoms with Gasteiger partial charge in [0, 0.05) is 4.88 Å². The maximum absolute atomic E-state index is 12.7. The number of esters is 1. The fourth-order valence-electron chi connectivity index (χ4n) is 3.29. The van der Waals surface area contributed by atoms with Gasteiger partial charge in [0.2, 0.25) is 0 Å². The third-order valence-corrected chi connectivity index (χ3v) is 5.86. The van der Waals surface area contributed by atoms with Crippen molar-refractivity contribution in [2.75, 3.05) is 11.9 Å². The summed E-state index contributed by atoms with van der Waals surface area (Å²) in [7, 11) is 0. The maximum Gasteiger partial charge on any atom is 0.341 e. The number of hydrogen-bond acceptors (Lipinski definition) is 5. The van der Waals surface area contributed by atoms with Crippen LogP contribution in [0.5, 0.6) is 0 Å². The van der Waals surface area contributed by atoms with Gasteiger partial charge in [-0.15, -0.1) is 11.3 Å². The minimum atomic E-state index is -0.524. The van der Waals surface area contributed by atoms with E-state index in [9.17, 15) is 14.9 Å². The van der Waals surface area contributed by atoms with Crippen LogP contribution in [0.4, 0.5) is 5.00 Å². The lowest BCUT2D eigenvalue weighted by atomic mass is 9.88. The first-order valence-electron chi connectivity index (χ1n) is 9.33. The minimum absolute atomic E-state index is 0.0132. The van der Waals surface area contributed by atoms with Crippen molar-refractivity contribution in [1.82, 2.24) is 0 Å². The molecule has 5 nitrogen and oxygen atoms in total. The fourth-order valence-corrected chi connectivity index (χ4v) is 4.69. The van der Waals surface area contributed by atoms with Crippen LogP contribution in [-0.4, -0.2) is 18.5 Å². The van der Waals surface area contributed by atoms with Crippen LogP contribution in [-0.2, 0) is 22.4 Å². The van der Waals surface area contributed by atoms with Crippen LogP contribution in [0.15, 0.2) is 35.9 Å². The zero-order valence-electron chi connectivity index (χ0n) is 16.0. The predicted octanol–water partition coefficient (Wildman–Crippen LogP) is 4.60. The molecule has 6 heteroatoms. The third-order valence-electron chi connectivity index (χ3n) is 4.69. The van der Waals surface area contributed by atoms with E-state index in [0.717, 1.165) is 35.3 Å². The second-order valence-corrected chi connectivity index (χ2v) is 7.92. The molecule has 1 N–H and O–H groups in total. The van der Waals surface area contributed by atoms with Gasteiger partial charge in [-0.2, -0.15) is 5.26 Å². The van der Waals surface area contributed by atoms with E-state index in [1.54, 1.807) is 6.92 Å². The largest absolute Gasteiger partial charge is 0.462 e. The molecule has 0 bridgehead atoms. The van der Waals surface area contributed by atoms with E-state index in [1.165, 1.54) is 17.4 Å². The predicted molar refractivity (Wildman–Crippen MR) is 110 cm³/mol. The Morgan fingerprint density at radius 3 is 2.79 bits per heavy atom. The number of nitrogens with one attached hydrogen (secondary N) is 1. The number of thiophene rings is 1. The Bertz CT molecular complexity index is 954. The van der Waals surface area contributed by atoms with E-state index in [2.05, 4.69) is 12.2 Å². The summed E-state index contributed by atoms with van der Waals surface area (Å²) in [6, 6.07) is 11.1. The van der Waals surface area contributed by atoms with Crippen LogP contribution < -0.4 is 5.32 Å². The standard InChI is InChI=1S/C22H22N2O3S/c1-3-27-22(26)19-17-10-9-14(2)11-18(17)28-21(19)24-20(25)16(13-23)12-15-7-5-4-6-8-15/h4-8,12,14H,3,9-11H2,1-2H3,(H,24,25)/b16-12+. The van der Waals surface area contributed by atoms with Crippen molar-refractivity contribution in [3.05, 3.63) is 57.5 Å². The van der Waals surface area contributed by atoms with E-state index in [4.69, 9.17) is 4.74 Å². The summed E-state index contributed by atoms with van der Waals surface area (Å²) < 4.78 is 5.22. The van der Waals surface area contributed by atoms with Crippen molar-refractivity contribution in [3.63, 3.8) is 0 Å². The molecule has 0 saturated heterocycles. The van der Waals surface area contributed by atoms with Crippen molar-refractivity contribution in [3.8, 4) is 6.07 Å². The Hall–Kier alpha value is -2.91. The number of nitrogens with zero attached hydrogens (tertiary/aromatic N) is 1. The van der Waals surface area contributed by atoms with Gasteiger partial charge in [0.15, 0.2) is 0 Å². The molecule has 1 atom stereocenters. The van der Waals surface area contributed by atoms with Gasteiger partial charge in [0.05, 0.1) is 12.2 Å². The quantitative estimate of drug-likeness (QED) is 0.457. The Kier molecular flexibility index (Phi) is 6.27. The number of anilines is 1. The number of hydrogen-bond donors (Lipinski definition) is 1. The molecule has 0 saturated carbocycles. The second-order valence-electron chi connectivity index (χ2n) is 6.81. The maximum atomic E-state index is 12.7. The lowest BCUT2D eigenvalue weighted by Crippen LogP contribution is -2.17. The summed E-state index contributed by atoms with van der Waals surface area (Å²) in [5.74, 6) is -0.406. The topological polar surface area (TPSA) is 79.2 Å². The van der Waals surface area contributed by atoms with Crippen LogP contribution in [0.1, 0.15) is 46.6 Å². The Balaban J connectivity index is 1.92. The number of carbonyl (C=O) groups is 2. The van der Waals surface area contributed by atoms with Crippen LogP contribution >= 0.6 is 11.3 Å². The first kappa shape index (κ1) is 19.8. The van der Waals surface area contributed by atoms with Crippen molar-refractivity contribution >= 4 is 34.3 Å². The van der Waals surface area contributed by atoms with E-state index < -0.39 is 11.9 Å². The average Bonchev–Trinajstić information content (AvgIpc) is 3.03. The molecule has 2 aromatic rings. The van der Waals surface area contributed by atoms with E-state index >= 15 is 0 Å². The molecule has 144 valence electrons. The fraction of sp³-hybridized carbons (Fsp3) is 0.318. The highest BCUT2D eigenvalue weighted by molar-refractivity contribution is 7.17. The molecule has 28 heavy (non-hydrogen) atoms. The number of ether oxygens (including phenoxy) is 1. The number of fused-ring (bicyclic) bond motifs is 1. The summed E-state index contributed by atoms with van der Waals surface area (Å²) in [5.41, 5.74) is 2.17. The van der Waals surface area contributed by atoms with Gasteiger partial charge in [-0.1, -0.05) is 37.3 Å². The Morgan fingerprint density at radius 2 is 2.11 bits per heavy atom. The molecule has 1 heterocycles. The summed E-state index contributed by atoms with van der Waals surface area (Å²) in [6.07, 6.45) is 4.21. The average molecular weight is 394 g/mol. The van der Waals surface area contributed by atoms with Gasteiger partial charge in [-0.05, 0) is 49.3 Å². The van der Waals surface area contributed by atoms with Gasteiger partial charge in [-0.25, -0.2) is 4.79 Å². The van der Waals surface area contributed by atoms with Crippen LogP contribution in [0.3, 0.4) is 0 Å². The minimum Gasteiger partial charge on any atom is -0.462 e.